The number of fused-ring (bicyclic) bond motifs is 1. The number of pyridine rings is 1. The molecule has 5 rings (SSSR count). The van der Waals surface area contributed by atoms with Crippen molar-refractivity contribution in [2.75, 3.05) is 5.32 Å². The number of rotatable bonds is 9. The lowest BCUT2D eigenvalue weighted by Gasteiger charge is -2.10. The first-order chi connectivity index (χ1) is 19.5. The van der Waals surface area contributed by atoms with Gasteiger partial charge in [-0.05, 0) is 68.3 Å². The van der Waals surface area contributed by atoms with Crippen LogP contribution in [-0.4, -0.2) is 26.6 Å². The molecule has 1 aromatic carbocycles. The quantitative estimate of drug-likeness (QED) is 0.190. The molecule has 5 aromatic rings. The molecule has 9 nitrogen and oxygen atoms in total. The number of nitrogens with one attached hydrogen (secondary N) is 1. The summed E-state index contributed by atoms with van der Waals surface area (Å²) < 4.78 is 40.7. The monoisotopic (exact) mass is 599 g/mol. The zero-order chi connectivity index (χ0) is 29.4. The van der Waals surface area contributed by atoms with Gasteiger partial charge in [0, 0.05) is 28.7 Å². The van der Waals surface area contributed by atoms with E-state index in [4.69, 9.17) is 26.5 Å². The molecule has 0 fully saturated rings. The molecule has 0 radical (unpaired) electrons. The van der Waals surface area contributed by atoms with Gasteiger partial charge in [0.25, 0.3) is 18.2 Å². The van der Waals surface area contributed by atoms with E-state index in [1.807, 2.05) is 13.8 Å². The Hall–Kier alpha value is -4.29. The number of nitrogens with zero attached hydrogens (tertiary/aromatic N) is 3. The van der Waals surface area contributed by atoms with Gasteiger partial charge in [-0.2, -0.15) is 5.10 Å². The number of primary amides is 1. The number of furan rings is 1. The van der Waals surface area contributed by atoms with Crippen LogP contribution < -0.4 is 15.8 Å². The van der Waals surface area contributed by atoms with E-state index < -0.39 is 23.9 Å². The van der Waals surface area contributed by atoms with Crippen LogP contribution in [0.15, 0.2) is 47.0 Å². The van der Waals surface area contributed by atoms with Gasteiger partial charge in [-0.1, -0.05) is 11.6 Å². The van der Waals surface area contributed by atoms with Crippen molar-refractivity contribution in [1.29, 1.82) is 0 Å². The highest BCUT2D eigenvalue weighted by Gasteiger charge is 2.27. The summed E-state index contributed by atoms with van der Waals surface area (Å²) in [7, 11) is 0. The molecule has 13 heteroatoms. The molecule has 4 aromatic heterocycles. The lowest BCUT2D eigenvalue weighted by atomic mass is 10.0. The SMILES string of the molecule is CCn1cc(-c2cc(C(F)F)nc3sc(C(N)=O)c(NC(=O)c4ccc(COc5ccc(Cl)cc5C)o4)c23)c(C)n1. The fourth-order valence-electron chi connectivity index (χ4n) is 4.35. The first-order valence-electron chi connectivity index (χ1n) is 12.4. The van der Waals surface area contributed by atoms with Crippen molar-refractivity contribution in [1.82, 2.24) is 14.8 Å². The van der Waals surface area contributed by atoms with Crippen LogP contribution in [0.25, 0.3) is 21.3 Å². The Morgan fingerprint density at radius 2 is 1.98 bits per heavy atom. The molecule has 41 heavy (non-hydrogen) atoms. The van der Waals surface area contributed by atoms with Crippen molar-refractivity contribution in [2.45, 2.75) is 40.3 Å². The molecule has 4 heterocycles. The molecule has 0 aliphatic rings. The van der Waals surface area contributed by atoms with E-state index >= 15 is 0 Å². The van der Waals surface area contributed by atoms with Gasteiger partial charge < -0.3 is 20.2 Å². The van der Waals surface area contributed by atoms with Gasteiger partial charge in [0.1, 0.15) is 33.5 Å². The number of anilines is 1. The Labute approximate surface area is 241 Å². The topological polar surface area (TPSA) is 125 Å². The summed E-state index contributed by atoms with van der Waals surface area (Å²) in [6.45, 7) is 6.09. The molecule has 0 aliphatic heterocycles. The van der Waals surface area contributed by atoms with E-state index in [1.165, 1.54) is 12.1 Å². The van der Waals surface area contributed by atoms with Crippen molar-refractivity contribution in [3.05, 3.63) is 81.0 Å². The molecule has 0 atom stereocenters. The maximum absolute atomic E-state index is 13.8. The van der Waals surface area contributed by atoms with Crippen LogP contribution in [0.4, 0.5) is 14.5 Å². The van der Waals surface area contributed by atoms with Crippen molar-refractivity contribution in [3.63, 3.8) is 0 Å². The first-order valence-corrected chi connectivity index (χ1v) is 13.6. The predicted molar refractivity (Wildman–Crippen MR) is 152 cm³/mol. The van der Waals surface area contributed by atoms with Crippen molar-refractivity contribution in [3.8, 4) is 16.9 Å². The highest BCUT2D eigenvalue weighted by Crippen LogP contribution is 2.43. The number of ether oxygens (including phenoxy) is 1. The minimum atomic E-state index is -2.86. The second-order valence-corrected chi connectivity index (χ2v) is 10.6. The summed E-state index contributed by atoms with van der Waals surface area (Å²) in [6, 6.07) is 9.50. The normalized spacial score (nSPS) is 11.4. The smallest absolute Gasteiger partial charge is 0.291 e. The third-order valence-electron chi connectivity index (χ3n) is 6.32. The minimum absolute atomic E-state index is 0.0395. The molecule has 212 valence electrons. The van der Waals surface area contributed by atoms with Gasteiger partial charge in [0.2, 0.25) is 0 Å². The van der Waals surface area contributed by atoms with Crippen LogP contribution >= 0.6 is 22.9 Å². The standard InChI is InChI=1S/C28H24ClF2N5O4S/c1-4-36-11-18(14(3)35-36)17-10-19(25(30)31)33-28-22(17)23(24(41-28)26(32)37)34-27(38)21-8-6-16(40-21)12-39-20-7-5-15(29)9-13(20)2/h5-11,25H,4,12H2,1-3H3,(H2,32,37)(H,34,38). The second-order valence-electron chi connectivity index (χ2n) is 9.15. The van der Waals surface area contributed by atoms with E-state index in [1.54, 1.807) is 42.1 Å². The number of hydrogen-bond acceptors (Lipinski definition) is 7. The third kappa shape index (κ3) is 5.66. The van der Waals surface area contributed by atoms with Crippen molar-refractivity contribution < 1.29 is 27.5 Å². The highest BCUT2D eigenvalue weighted by molar-refractivity contribution is 7.21. The van der Waals surface area contributed by atoms with Gasteiger partial charge >= 0.3 is 0 Å². The van der Waals surface area contributed by atoms with E-state index in [0.29, 0.717) is 45.3 Å². The van der Waals surface area contributed by atoms with Crippen LogP contribution in [0.5, 0.6) is 5.75 Å². The Morgan fingerprint density at radius 3 is 2.63 bits per heavy atom. The van der Waals surface area contributed by atoms with Crippen molar-refractivity contribution >= 4 is 50.7 Å². The molecular formula is C28H24ClF2N5O4S. The summed E-state index contributed by atoms with van der Waals surface area (Å²) in [5, 5.41) is 8.00. The summed E-state index contributed by atoms with van der Waals surface area (Å²) >= 11 is 6.81. The molecule has 3 N–H and O–H groups in total. The molecule has 0 unspecified atom stereocenters. The Kier molecular flexibility index (Phi) is 7.78. The molecule has 2 amide bonds. The summed E-state index contributed by atoms with van der Waals surface area (Å²) in [5.74, 6) is -0.592. The molecule has 0 spiro atoms. The summed E-state index contributed by atoms with van der Waals surface area (Å²) in [6.07, 6.45) is -1.15. The lowest BCUT2D eigenvalue weighted by molar-refractivity contribution is 0.0992. The van der Waals surface area contributed by atoms with Crippen LogP contribution in [0.1, 0.15) is 56.3 Å². The van der Waals surface area contributed by atoms with Crippen LogP contribution in [-0.2, 0) is 13.2 Å². The number of carbonyl (C=O) groups excluding carboxylic acids is 2. The first kappa shape index (κ1) is 28.2. The molecule has 0 saturated carbocycles. The maximum atomic E-state index is 13.8. The fraction of sp³-hybridized carbons (Fsp3) is 0.214. The Balaban J connectivity index is 1.51. The number of alkyl halides is 2. The van der Waals surface area contributed by atoms with Crippen molar-refractivity contribution in [2.24, 2.45) is 5.73 Å². The molecular weight excluding hydrogens is 576 g/mol. The zero-order valence-electron chi connectivity index (χ0n) is 22.1. The van der Waals surface area contributed by atoms with Gasteiger partial charge in [-0.25, -0.2) is 13.8 Å². The lowest BCUT2D eigenvalue weighted by Crippen LogP contribution is -2.16. The molecule has 0 aliphatic carbocycles. The summed E-state index contributed by atoms with van der Waals surface area (Å²) in [4.78, 5) is 29.8. The maximum Gasteiger partial charge on any atom is 0.291 e. The predicted octanol–water partition coefficient (Wildman–Crippen LogP) is 6.91. The average Bonchev–Trinajstić information content (AvgIpc) is 3.65. The highest BCUT2D eigenvalue weighted by atomic mass is 35.5. The van der Waals surface area contributed by atoms with Crippen LogP contribution in [0.2, 0.25) is 5.02 Å². The number of amides is 2. The Bertz CT molecular complexity index is 1800. The number of aryl methyl sites for hydroxylation is 3. The Morgan fingerprint density at radius 1 is 1.20 bits per heavy atom. The third-order valence-corrected chi connectivity index (χ3v) is 7.65. The van der Waals surface area contributed by atoms with Gasteiger partial charge in [0.15, 0.2) is 5.76 Å². The number of halogens is 3. The molecule has 0 bridgehead atoms. The molecule has 0 saturated heterocycles. The van der Waals surface area contributed by atoms with E-state index in [-0.39, 0.29) is 27.8 Å². The number of carbonyl (C=O) groups is 2. The number of thiophene rings is 1. The van der Waals surface area contributed by atoms with Gasteiger partial charge in [0.05, 0.1) is 11.4 Å². The number of nitrogens with two attached hydrogens (primary N) is 1. The van der Waals surface area contributed by atoms with E-state index in [2.05, 4.69) is 15.4 Å². The largest absolute Gasteiger partial charge is 0.485 e. The van der Waals surface area contributed by atoms with Crippen LogP contribution in [0.3, 0.4) is 0 Å². The van der Waals surface area contributed by atoms with Gasteiger partial charge in [-0.15, -0.1) is 11.3 Å². The zero-order valence-corrected chi connectivity index (χ0v) is 23.7. The number of benzene rings is 1. The fourth-order valence-corrected chi connectivity index (χ4v) is 5.60. The van der Waals surface area contributed by atoms with E-state index in [0.717, 1.165) is 16.9 Å². The van der Waals surface area contributed by atoms with Gasteiger partial charge in [-0.3, -0.25) is 14.3 Å². The average molecular weight is 600 g/mol. The van der Waals surface area contributed by atoms with E-state index in [9.17, 15) is 18.4 Å². The minimum Gasteiger partial charge on any atom is -0.485 e. The number of aromatic nitrogens is 3. The van der Waals surface area contributed by atoms with Crippen LogP contribution in [0, 0.1) is 13.8 Å². The number of hydrogen-bond donors (Lipinski definition) is 2. The second kappa shape index (κ2) is 11.3. The summed E-state index contributed by atoms with van der Waals surface area (Å²) in [5.41, 5.74) is 7.53.